The van der Waals surface area contributed by atoms with E-state index in [4.69, 9.17) is 0 Å². The fourth-order valence-electron chi connectivity index (χ4n) is 3.10. The Balaban J connectivity index is 1.90. The number of pyridine rings is 1. The number of amides is 1. The molecule has 5 heteroatoms. The van der Waals surface area contributed by atoms with E-state index in [0.29, 0.717) is 11.3 Å². The third kappa shape index (κ3) is 3.27. The van der Waals surface area contributed by atoms with Crippen LogP contribution in [-0.4, -0.2) is 20.7 Å². The number of aryl methyl sites for hydroxylation is 2. The summed E-state index contributed by atoms with van der Waals surface area (Å²) in [6.45, 7) is 10.0. The lowest BCUT2D eigenvalue weighted by Crippen LogP contribution is -2.28. The van der Waals surface area contributed by atoms with Crippen molar-refractivity contribution in [1.29, 1.82) is 0 Å². The molecule has 0 radical (unpaired) electrons. The summed E-state index contributed by atoms with van der Waals surface area (Å²) in [5, 5.41) is 8.34. The van der Waals surface area contributed by atoms with Crippen LogP contribution in [0.2, 0.25) is 0 Å². The largest absolute Gasteiger partial charge is 0.345 e. The summed E-state index contributed by atoms with van der Waals surface area (Å²) in [6, 6.07) is 10.1. The molecule has 0 saturated heterocycles. The van der Waals surface area contributed by atoms with Gasteiger partial charge in [0.1, 0.15) is 0 Å². The van der Waals surface area contributed by atoms with Gasteiger partial charge in [-0.2, -0.15) is 5.10 Å². The number of benzene rings is 1. The van der Waals surface area contributed by atoms with Crippen LogP contribution in [0.4, 0.5) is 0 Å². The molecule has 3 aromatic rings. The topological polar surface area (TPSA) is 59.8 Å². The molecule has 0 aliphatic heterocycles. The van der Waals surface area contributed by atoms with Gasteiger partial charge in [-0.1, -0.05) is 24.3 Å². The molecule has 3 rings (SSSR count). The molecule has 0 saturated carbocycles. The molecule has 2 aromatic heterocycles. The summed E-state index contributed by atoms with van der Waals surface area (Å²) in [4.78, 5) is 17.4. The zero-order chi connectivity index (χ0) is 18.1. The lowest BCUT2D eigenvalue weighted by atomic mass is 10.0. The van der Waals surface area contributed by atoms with E-state index in [9.17, 15) is 4.79 Å². The summed E-state index contributed by atoms with van der Waals surface area (Å²) in [5.74, 6) is -0.111. The van der Waals surface area contributed by atoms with E-state index < -0.39 is 0 Å². The summed E-state index contributed by atoms with van der Waals surface area (Å²) in [7, 11) is 0. The van der Waals surface area contributed by atoms with E-state index in [1.54, 1.807) is 6.20 Å². The number of fused-ring (bicyclic) bond motifs is 1. The van der Waals surface area contributed by atoms with Crippen molar-refractivity contribution in [2.75, 3.05) is 0 Å². The molecule has 0 aliphatic carbocycles. The summed E-state index contributed by atoms with van der Waals surface area (Å²) in [6.07, 6.45) is 1.77. The molecule has 1 unspecified atom stereocenters. The maximum absolute atomic E-state index is 12.8. The quantitative estimate of drug-likeness (QED) is 0.779. The van der Waals surface area contributed by atoms with Crippen LogP contribution in [0.1, 0.15) is 60.0 Å². The maximum Gasteiger partial charge on any atom is 0.253 e. The standard InChI is InChI=1S/C20H24N4O/c1-12(2)24-19-16(11-21-24)10-18(15(5)22-19)20(25)23-14(4)17-9-7-6-8-13(17)3/h6-12,14H,1-5H3,(H,23,25). The Morgan fingerprint density at radius 2 is 1.88 bits per heavy atom. The van der Waals surface area contributed by atoms with Gasteiger partial charge in [0.05, 0.1) is 23.5 Å². The molecule has 0 aliphatic rings. The predicted octanol–water partition coefficient (Wildman–Crippen LogP) is 4.12. The van der Waals surface area contributed by atoms with Gasteiger partial charge in [-0.15, -0.1) is 0 Å². The molecule has 5 nitrogen and oxygen atoms in total. The van der Waals surface area contributed by atoms with Crippen molar-refractivity contribution < 1.29 is 4.79 Å². The molecule has 1 aromatic carbocycles. The number of hydrogen-bond donors (Lipinski definition) is 1. The summed E-state index contributed by atoms with van der Waals surface area (Å²) in [5.41, 5.74) is 4.41. The number of carbonyl (C=O) groups is 1. The second-order valence-electron chi connectivity index (χ2n) is 6.77. The van der Waals surface area contributed by atoms with E-state index >= 15 is 0 Å². The number of nitrogens with zero attached hydrogens (tertiary/aromatic N) is 3. The third-order valence-corrected chi connectivity index (χ3v) is 4.50. The first-order valence-corrected chi connectivity index (χ1v) is 8.59. The first-order chi connectivity index (χ1) is 11.9. The van der Waals surface area contributed by atoms with Gasteiger partial charge in [0.2, 0.25) is 0 Å². The van der Waals surface area contributed by atoms with Crippen molar-refractivity contribution in [2.45, 2.75) is 46.7 Å². The Kier molecular flexibility index (Phi) is 4.57. The molecule has 0 fully saturated rings. The van der Waals surface area contributed by atoms with E-state index in [2.05, 4.69) is 42.2 Å². The van der Waals surface area contributed by atoms with Gasteiger partial charge in [0, 0.05) is 11.4 Å². The zero-order valence-corrected chi connectivity index (χ0v) is 15.4. The third-order valence-electron chi connectivity index (χ3n) is 4.50. The number of rotatable bonds is 4. The Labute approximate surface area is 148 Å². The smallest absolute Gasteiger partial charge is 0.253 e. The van der Waals surface area contributed by atoms with Gasteiger partial charge in [0.15, 0.2) is 5.65 Å². The Morgan fingerprint density at radius 1 is 1.16 bits per heavy atom. The minimum Gasteiger partial charge on any atom is -0.345 e. The fraction of sp³-hybridized carbons (Fsp3) is 0.350. The monoisotopic (exact) mass is 336 g/mol. The second-order valence-corrected chi connectivity index (χ2v) is 6.77. The second kappa shape index (κ2) is 6.67. The zero-order valence-electron chi connectivity index (χ0n) is 15.4. The minimum absolute atomic E-state index is 0.0674. The number of carbonyl (C=O) groups excluding carboxylic acids is 1. The molecule has 0 spiro atoms. The minimum atomic E-state index is -0.111. The van der Waals surface area contributed by atoms with Crippen molar-refractivity contribution in [3.63, 3.8) is 0 Å². The van der Waals surface area contributed by atoms with Gasteiger partial charge >= 0.3 is 0 Å². The normalized spacial score (nSPS) is 12.6. The molecular weight excluding hydrogens is 312 g/mol. The van der Waals surface area contributed by atoms with Crippen molar-refractivity contribution in [3.05, 3.63) is 58.9 Å². The molecule has 1 atom stereocenters. The Hall–Kier alpha value is -2.69. The SMILES string of the molecule is Cc1ccccc1C(C)NC(=O)c1cc2cnn(C(C)C)c2nc1C. The van der Waals surface area contributed by atoms with Gasteiger partial charge < -0.3 is 5.32 Å². The van der Waals surface area contributed by atoms with E-state index in [1.807, 2.05) is 42.8 Å². The van der Waals surface area contributed by atoms with Gasteiger partial charge in [-0.25, -0.2) is 9.67 Å². The van der Waals surface area contributed by atoms with Crippen LogP contribution < -0.4 is 5.32 Å². The molecule has 25 heavy (non-hydrogen) atoms. The van der Waals surface area contributed by atoms with Crippen LogP contribution in [0.25, 0.3) is 11.0 Å². The van der Waals surface area contributed by atoms with E-state index in [-0.39, 0.29) is 18.0 Å². The van der Waals surface area contributed by atoms with E-state index in [0.717, 1.165) is 16.6 Å². The highest BCUT2D eigenvalue weighted by Gasteiger charge is 2.18. The average molecular weight is 336 g/mol. The first-order valence-electron chi connectivity index (χ1n) is 8.59. The van der Waals surface area contributed by atoms with E-state index in [1.165, 1.54) is 5.56 Å². The highest BCUT2D eigenvalue weighted by atomic mass is 16.1. The lowest BCUT2D eigenvalue weighted by molar-refractivity contribution is 0.0939. The summed E-state index contributed by atoms with van der Waals surface area (Å²) < 4.78 is 1.87. The Bertz CT molecular complexity index is 927. The number of hydrogen-bond acceptors (Lipinski definition) is 3. The van der Waals surface area contributed by atoms with Crippen LogP contribution >= 0.6 is 0 Å². The fourth-order valence-corrected chi connectivity index (χ4v) is 3.10. The van der Waals surface area contributed by atoms with Crippen molar-refractivity contribution >= 4 is 16.9 Å². The lowest BCUT2D eigenvalue weighted by Gasteiger charge is -2.17. The Morgan fingerprint density at radius 3 is 2.56 bits per heavy atom. The first kappa shape index (κ1) is 17.1. The van der Waals surface area contributed by atoms with Crippen LogP contribution in [0, 0.1) is 13.8 Å². The highest BCUT2D eigenvalue weighted by Crippen LogP contribution is 2.21. The van der Waals surface area contributed by atoms with Gasteiger partial charge in [-0.05, 0) is 51.8 Å². The van der Waals surface area contributed by atoms with Crippen LogP contribution in [0.3, 0.4) is 0 Å². The molecule has 1 amide bonds. The molecule has 0 bridgehead atoms. The van der Waals surface area contributed by atoms with Crippen molar-refractivity contribution in [2.24, 2.45) is 0 Å². The van der Waals surface area contributed by atoms with Gasteiger partial charge in [0.25, 0.3) is 5.91 Å². The molecule has 130 valence electrons. The number of aromatic nitrogens is 3. The van der Waals surface area contributed by atoms with Crippen molar-refractivity contribution in [1.82, 2.24) is 20.1 Å². The summed E-state index contributed by atoms with van der Waals surface area (Å²) >= 11 is 0. The highest BCUT2D eigenvalue weighted by molar-refractivity contribution is 5.98. The van der Waals surface area contributed by atoms with Crippen LogP contribution in [0.5, 0.6) is 0 Å². The van der Waals surface area contributed by atoms with Crippen LogP contribution in [-0.2, 0) is 0 Å². The predicted molar refractivity (Wildman–Crippen MR) is 99.7 cm³/mol. The molecular formula is C20H24N4O. The van der Waals surface area contributed by atoms with Crippen molar-refractivity contribution in [3.8, 4) is 0 Å². The molecule has 2 heterocycles. The average Bonchev–Trinajstić information content (AvgIpc) is 2.97. The van der Waals surface area contributed by atoms with Crippen LogP contribution in [0.15, 0.2) is 36.5 Å². The molecule has 1 N–H and O–H groups in total. The number of nitrogens with one attached hydrogen (secondary N) is 1. The van der Waals surface area contributed by atoms with Gasteiger partial charge in [-0.3, -0.25) is 4.79 Å². The maximum atomic E-state index is 12.8.